The second kappa shape index (κ2) is 9.53. The van der Waals surface area contributed by atoms with Crippen molar-refractivity contribution in [3.05, 3.63) is 47.8 Å². The molecule has 160 valence electrons. The summed E-state index contributed by atoms with van der Waals surface area (Å²) in [5, 5.41) is 5.40. The fraction of sp³-hybridized carbons (Fsp3) is 0.368. The first-order valence-corrected chi connectivity index (χ1v) is 9.14. The van der Waals surface area contributed by atoms with E-state index in [-0.39, 0.29) is 36.8 Å². The van der Waals surface area contributed by atoms with Gasteiger partial charge in [-0.05, 0) is 30.5 Å². The Morgan fingerprint density at radius 1 is 1.13 bits per heavy atom. The molecule has 0 saturated heterocycles. The fourth-order valence-electron chi connectivity index (χ4n) is 2.40. The zero-order valence-electron chi connectivity index (χ0n) is 15.7. The van der Waals surface area contributed by atoms with E-state index in [2.05, 4.69) is 25.3 Å². The predicted octanol–water partition coefficient (Wildman–Crippen LogP) is 2.67. The van der Waals surface area contributed by atoms with Crippen LogP contribution >= 0.6 is 0 Å². The van der Waals surface area contributed by atoms with Crippen molar-refractivity contribution >= 4 is 17.6 Å². The molecule has 2 N–H and O–H groups in total. The lowest BCUT2D eigenvalue weighted by atomic mass is 10.2. The summed E-state index contributed by atoms with van der Waals surface area (Å²) in [7, 11) is 0. The van der Waals surface area contributed by atoms with Crippen LogP contribution in [0.4, 0.5) is 19.0 Å². The second-order valence-electron chi connectivity index (χ2n) is 6.52. The molecule has 1 fully saturated rings. The van der Waals surface area contributed by atoms with Crippen LogP contribution in [0.15, 0.2) is 36.7 Å². The van der Waals surface area contributed by atoms with E-state index in [0.29, 0.717) is 16.9 Å². The summed E-state index contributed by atoms with van der Waals surface area (Å²) in [5.74, 6) is 0.0292. The fourth-order valence-corrected chi connectivity index (χ4v) is 2.40. The van der Waals surface area contributed by atoms with Gasteiger partial charge in [0.15, 0.2) is 0 Å². The van der Waals surface area contributed by atoms with Gasteiger partial charge in [0.2, 0.25) is 11.8 Å². The van der Waals surface area contributed by atoms with Gasteiger partial charge >= 0.3 is 6.36 Å². The third kappa shape index (κ3) is 6.99. The number of pyridine rings is 2. The van der Waals surface area contributed by atoms with Crippen LogP contribution < -0.4 is 15.4 Å². The zero-order chi connectivity index (χ0) is 21.6. The zero-order valence-corrected chi connectivity index (χ0v) is 15.7. The SMILES string of the molecule is O=C(NCc1ccc(OCCOC(F)(F)F)nc1)c1ccnc(NC(=O)C2CC2)c1. The van der Waals surface area contributed by atoms with Crippen LogP contribution in [-0.2, 0) is 16.1 Å². The highest BCUT2D eigenvalue weighted by Gasteiger charge is 2.30. The van der Waals surface area contributed by atoms with E-state index in [1.807, 2.05) is 0 Å². The van der Waals surface area contributed by atoms with Gasteiger partial charge in [-0.3, -0.25) is 14.3 Å². The van der Waals surface area contributed by atoms with Gasteiger partial charge in [0.1, 0.15) is 12.4 Å². The quantitative estimate of drug-likeness (QED) is 0.600. The second-order valence-corrected chi connectivity index (χ2v) is 6.52. The summed E-state index contributed by atoms with van der Waals surface area (Å²) in [6, 6.07) is 6.13. The molecule has 30 heavy (non-hydrogen) atoms. The third-order valence-corrected chi connectivity index (χ3v) is 4.07. The van der Waals surface area contributed by atoms with Gasteiger partial charge in [0, 0.05) is 36.5 Å². The Bertz CT molecular complexity index is 886. The number of amides is 2. The van der Waals surface area contributed by atoms with Crippen molar-refractivity contribution in [2.24, 2.45) is 5.92 Å². The molecule has 11 heteroatoms. The number of nitrogens with zero attached hydrogens (tertiary/aromatic N) is 2. The number of anilines is 1. The summed E-state index contributed by atoms with van der Waals surface area (Å²) >= 11 is 0. The smallest absolute Gasteiger partial charge is 0.475 e. The number of halogens is 3. The van der Waals surface area contributed by atoms with E-state index < -0.39 is 13.0 Å². The normalized spacial score (nSPS) is 13.6. The maximum atomic E-state index is 12.3. The molecule has 0 aliphatic heterocycles. The first-order chi connectivity index (χ1) is 14.3. The largest absolute Gasteiger partial charge is 0.522 e. The highest BCUT2D eigenvalue weighted by Crippen LogP contribution is 2.29. The maximum absolute atomic E-state index is 12.3. The van der Waals surface area contributed by atoms with Crippen LogP contribution in [0.3, 0.4) is 0 Å². The molecule has 1 aliphatic rings. The third-order valence-electron chi connectivity index (χ3n) is 4.07. The Morgan fingerprint density at radius 3 is 2.60 bits per heavy atom. The van der Waals surface area contributed by atoms with Crippen LogP contribution in [0.25, 0.3) is 0 Å². The molecule has 0 spiro atoms. The van der Waals surface area contributed by atoms with E-state index in [1.54, 1.807) is 6.07 Å². The molecule has 2 aromatic rings. The van der Waals surface area contributed by atoms with Crippen LogP contribution in [0, 0.1) is 5.92 Å². The van der Waals surface area contributed by atoms with Crippen LogP contribution in [0.5, 0.6) is 5.88 Å². The Morgan fingerprint density at radius 2 is 1.93 bits per heavy atom. The molecule has 0 aromatic carbocycles. The number of hydrogen-bond donors (Lipinski definition) is 2. The standard InChI is InChI=1S/C19H19F3N4O4/c20-19(21,22)30-8-7-29-16-4-1-12(10-24-16)11-25-17(27)14-5-6-23-15(9-14)26-18(28)13-2-3-13/h1,4-6,9-10,13H,2-3,7-8,11H2,(H,25,27)(H,23,26,28). The summed E-state index contributed by atoms with van der Waals surface area (Å²) in [4.78, 5) is 32.1. The van der Waals surface area contributed by atoms with E-state index >= 15 is 0 Å². The lowest BCUT2D eigenvalue weighted by Crippen LogP contribution is -2.23. The van der Waals surface area contributed by atoms with Crippen LogP contribution in [0.1, 0.15) is 28.8 Å². The molecule has 0 radical (unpaired) electrons. The molecule has 2 amide bonds. The van der Waals surface area contributed by atoms with E-state index in [4.69, 9.17) is 4.74 Å². The van der Waals surface area contributed by atoms with Crippen molar-refractivity contribution in [2.45, 2.75) is 25.7 Å². The molecule has 0 bridgehead atoms. The number of alkyl halides is 3. The summed E-state index contributed by atoms with van der Waals surface area (Å²) in [6.45, 7) is -0.766. The number of carbonyl (C=O) groups excluding carboxylic acids is 2. The number of nitrogens with one attached hydrogen (secondary N) is 2. The molecule has 0 atom stereocenters. The monoisotopic (exact) mass is 424 g/mol. The first kappa shape index (κ1) is 21.5. The lowest BCUT2D eigenvalue weighted by Gasteiger charge is -2.09. The Hall–Kier alpha value is -3.21. The Kier molecular flexibility index (Phi) is 6.83. The lowest BCUT2D eigenvalue weighted by molar-refractivity contribution is -0.325. The first-order valence-electron chi connectivity index (χ1n) is 9.14. The molecule has 2 heterocycles. The average molecular weight is 424 g/mol. The summed E-state index contributed by atoms with van der Waals surface area (Å²) in [6.07, 6.45) is -0.0880. The van der Waals surface area contributed by atoms with Gasteiger partial charge in [0.05, 0.1) is 6.61 Å². The van der Waals surface area contributed by atoms with E-state index in [0.717, 1.165) is 12.8 Å². The van der Waals surface area contributed by atoms with Crippen molar-refractivity contribution in [1.82, 2.24) is 15.3 Å². The minimum atomic E-state index is -4.70. The topological polar surface area (TPSA) is 102 Å². The molecule has 1 saturated carbocycles. The van der Waals surface area contributed by atoms with E-state index in [1.165, 1.54) is 30.6 Å². The van der Waals surface area contributed by atoms with Crippen molar-refractivity contribution < 1.29 is 32.2 Å². The number of ether oxygens (including phenoxy) is 2. The summed E-state index contributed by atoms with van der Waals surface area (Å²) in [5.41, 5.74) is 1.01. The molecule has 3 rings (SSSR count). The summed E-state index contributed by atoms with van der Waals surface area (Å²) < 4.78 is 44.3. The number of aromatic nitrogens is 2. The molecule has 0 unspecified atom stereocenters. The van der Waals surface area contributed by atoms with Crippen LogP contribution in [-0.4, -0.2) is 41.4 Å². The maximum Gasteiger partial charge on any atom is 0.522 e. The van der Waals surface area contributed by atoms with Gasteiger partial charge in [-0.25, -0.2) is 9.97 Å². The molecular weight excluding hydrogens is 405 g/mol. The minimum absolute atomic E-state index is 0.0286. The Labute approximate surface area is 169 Å². The van der Waals surface area contributed by atoms with E-state index in [9.17, 15) is 22.8 Å². The van der Waals surface area contributed by atoms with Gasteiger partial charge in [-0.1, -0.05) is 6.07 Å². The molecule has 1 aliphatic carbocycles. The average Bonchev–Trinajstić information content (AvgIpc) is 3.55. The van der Waals surface area contributed by atoms with Crippen molar-refractivity contribution in [2.75, 3.05) is 18.5 Å². The van der Waals surface area contributed by atoms with Crippen molar-refractivity contribution in [3.63, 3.8) is 0 Å². The van der Waals surface area contributed by atoms with Gasteiger partial charge < -0.3 is 15.4 Å². The number of carbonyl (C=O) groups is 2. The predicted molar refractivity (Wildman–Crippen MR) is 98.5 cm³/mol. The van der Waals surface area contributed by atoms with Gasteiger partial charge in [-0.15, -0.1) is 13.2 Å². The highest BCUT2D eigenvalue weighted by atomic mass is 19.4. The molecule has 2 aromatic heterocycles. The van der Waals surface area contributed by atoms with Crippen LogP contribution in [0.2, 0.25) is 0 Å². The van der Waals surface area contributed by atoms with Gasteiger partial charge in [0.25, 0.3) is 5.91 Å². The minimum Gasteiger partial charge on any atom is -0.475 e. The number of rotatable bonds is 9. The Balaban J connectivity index is 1.44. The number of hydrogen-bond acceptors (Lipinski definition) is 6. The highest BCUT2D eigenvalue weighted by molar-refractivity contribution is 5.97. The van der Waals surface area contributed by atoms with Crippen molar-refractivity contribution in [3.8, 4) is 5.88 Å². The van der Waals surface area contributed by atoms with Crippen molar-refractivity contribution in [1.29, 1.82) is 0 Å². The molecule has 8 nitrogen and oxygen atoms in total. The van der Waals surface area contributed by atoms with Gasteiger partial charge in [-0.2, -0.15) is 0 Å². The molecular formula is C19H19F3N4O4.